The highest BCUT2D eigenvalue weighted by Gasteiger charge is 2.75. The molecule has 6 N–H and O–H groups in total. The number of anilines is 1. The van der Waals surface area contributed by atoms with E-state index in [0.29, 0.717) is 16.9 Å². The SMILES string of the molecule is CNc1c(C)cc(Cl)cc1C(=O)NC(C)C.N/C(=N\N(N)Cc1cc(C=O)n(-c2ncccc2Cl)n1)C(F)(F)C(F)(F)C(F)(F)F. The lowest BCUT2D eigenvalue weighted by Crippen LogP contribution is -2.59. The van der Waals surface area contributed by atoms with Gasteiger partial charge in [-0.15, -0.1) is 5.10 Å². The lowest BCUT2D eigenvalue weighted by Gasteiger charge is -2.28. The van der Waals surface area contributed by atoms with Crippen LogP contribution in [0.1, 0.15) is 46.0 Å². The van der Waals surface area contributed by atoms with E-state index in [0.717, 1.165) is 22.0 Å². The van der Waals surface area contributed by atoms with E-state index in [1.165, 1.54) is 18.3 Å². The van der Waals surface area contributed by atoms with Gasteiger partial charge in [-0.05, 0) is 56.7 Å². The number of hydrogen-bond acceptors (Lipinski definition) is 8. The van der Waals surface area contributed by atoms with Crippen molar-refractivity contribution in [2.45, 2.75) is 51.4 Å². The molecule has 0 aliphatic heterocycles. The fourth-order valence-electron chi connectivity index (χ4n) is 3.65. The zero-order valence-electron chi connectivity index (χ0n) is 24.4. The molecule has 0 aliphatic rings. The van der Waals surface area contributed by atoms with Gasteiger partial charge in [0.25, 0.3) is 5.91 Å². The molecule has 0 atom stereocenters. The molecule has 0 bridgehead atoms. The fourth-order valence-corrected chi connectivity index (χ4v) is 4.12. The Hall–Kier alpha value is -4.16. The molecule has 3 aromatic rings. The average Bonchev–Trinajstić information content (AvgIpc) is 3.34. The first-order valence-corrected chi connectivity index (χ1v) is 13.6. The van der Waals surface area contributed by atoms with Crippen LogP contribution in [-0.2, 0) is 6.54 Å². The molecule has 1 amide bonds. The molecule has 46 heavy (non-hydrogen) atoms. The van der Waals surface area contributed by atoms with Crippen LogP contribution < -0.4 is 22.2 Å². The van der Waals surface area contributed by atoms with Crippen molar-refractivity contribution < 1.29 is 40.3 Å². The van der Waals surface area contributed by atoms with Gasteiger partial charge in [0.05, 0.1) is 22.8 Å². The Morgan fingerprint density at radius 2 is 1.78 bits per heavy atom. The van der Waals surface area contributed by atoms with Gasteiger partial charge in [-0.1, -0.05) is 23.2 Å². The van der Waals surface area contributed by atoms with Crippen molar-refractivity contribution in [2.75, 3.05) is 12.4 Å². The van der Waals surface area contributed by atoms with Crippen LogP contribution in [0.2, 0.25) is 10.0 Å². The molecule has 20 heteroatoms. The third kappa shape index (κ3) is 8.76. The third-order valence-corrected chi connectivity index (χ3v) is 6.21. The Kier molecular flexibility index (Phi) is 12.4. The summed E-state index contributed by atoms with van der Waals surface area (Å²) in [6.45, 7) is 5.07. The molecule has 0 fully saturated rings. The number of benzene rings is 1. The van der Waals surface area contributed by atoms with Crippen LogP contribution in [-0.4, -0.2) is 69.0 Å². The fraction of sp³-hybridized carbons (Fsp3) is 0.346. The van der Waals surface area contributed by atoms with Gasteiger partial charge in [0.2, 0.25) is 0 Å². The third-order valence-electron chi connectivity index (χ3n) is 5.69. The summed E-state index contributed by atoms with van der Waals surface area (Å²) in [6.07, 6.45) is -4.91. The summed E-state index contributed by atoms with van der Waals surface area (Å²) in [5.74, 6) is -9.58. The number of nitrogens with two attached hydrogens (primary N) is 2. The van der Waals surface area contributed by atoms with Crippen LogP contribution >= 0.6 is 23.2 Å². The number of carbonyl (C=O) groups is 2. The molecule has 11 nitrogen and oxygen atoms in total. The van der Waals surface area contributed by atoms with E-state index in [1.807, 2.05) is 26.8 Å². The molecule has 0 saturated carbocycles. The number of carbonyl (C=O) groups excluding carboxylic acids is 2. The average molecular weight is 702 g/mol. The van der Waals surface area contributed by atoms with E-state index in [-0.39, 0.29) is 39.3 Å². The minimum absolute atomic E-state index is 0.0236. The number of pyridine rings is 1. The quantitative estimate of drug-likeness (QED) is 0.0551. The molecule has 252 valence electrons. The molecular weight excluding hydrogens is 674 g/mol. The number of rotatable bonds is 10. The predicted molar refractivity (Wildman–Crippen MR) is 157 cm³/mol. The standard InChI is InChI=1S/C14H11ClF7N7O.C12H17ClN2O/c15-9-2-1-3-25-10(9)29-8(6-30)4-7(26-29)5-28(24)27-11(23)12(16,17)13(18,19)14(20,21)22;1-7(2)15-12(16)10-6-9(13)5-8(3)11(10)14-4/h1-4,6H,5,24H2,(H2,23,27);5-7,14H,1-4H3,(H,15,16). The Morgan fingerprint density at radius 1 is 1.15 bits per heavy atom. The number of halogens is 9. The van der Waals surface area contributed by atoms with E-state index in [4.69, 9.17) is 29.0 Å². The van der Waals surface area contributed by atoms with Gasteiger partial charge in [0, 0.05) is 30.0 Å². The van der Waals surface area contributed by atoms with Crippen LogP contribution in [0.4, 0.5) is 36.4 Å². The number of hydrazone groups is 1. The van der Waals surface area contributed by atoms with Gasteiger partial charge in [-0.25, -0.2) is 20.6 Å². The maximum absolute atomic E-state index is 13.5. The van der Waals surface area contributed by atoms with E-state index in [2.05, 4.69) is 31.6 Å². The van der Waals surface area contributed by atoms with Crippen LogP contribution in [0.3, 0.4) is 0 Å². The number of aromatic nitrogens is 3. The summed E-state index contributed by atoms with van der Waals surface area (Å²) in [5, 5.41) is 13.2. The summed E-state index contributed by atoms with van der Waals surface area (Å²) in [4.78, 5) is 27.0. The zero-order valence-corrected chi connectivity index (χ0v) is 25.9. The minimum atomic E-state index is -6.59. The van der Waals surface area contributed by atoms with Crippen LogP contribution in [0, 0.1) is 6.92 Å². The molecule has 1 aromatic carbocycles. The number of aryl methyl sites for hydroxylation is 1. The van der Waals surface area contributed by atoms with Gasteiger partial charge in [0.1, 0.15) is 5.69 Å². The number of hydrogen-bond donors (Lipinski definition) is 4. The minimum Gasteiger partial charge on any atom is -0.387 e. The second-order valence-corrected chi connectivity index (χ2v) is 10.5. The molecule has 2 aromatic heterocycles. The van der Waals surface area contributed by atoms with Crippen molar-refractivity contribution in [3.63, 3.8) is 0 Å². The largest absolute Gasteiger partial charge is 0.460 e. The van der Waals surface area contributed by atoms with Gasteiger partial charge in [-0.3, -0.25) is 9.59 Å². The topological polar surface area (TPSA) is 157 Å². The number of nitrogens with one attached hydrogen (secondary N) is 2. The van der Waals surface area contributed by atoms with Crippen molar-refractivity contribution in [3.8, 4) is 5.82 Å². The first-order chi connectivity index (χ1) is 21.2. The summed E-state index contributed by atoms with van der Waals surface area (Å²) in [7, 11) is 1.79. The van der Waals surface area contributed by atoms with Crippen molar-refractivity contribution in [1.82, 2.24) is 25.2 Å². The molecule has 3 rings (SSSR count). The van der Waals surface area contributed by atoms with E-state index in [1.54, 1.807) is 13.1 Å². The molecule has 0 saturated heterocycles. The second kappa shape index (κ2) is 15.0. The normalized spacial score (nSPS) is 12.4. The number of alkyl halides is 7. The highest BCUT2D eigenvalue weighted by molar-refractivity contribution is 6.32. The Labute approximate surface area is 267 Å². The zero-order chi connectivity index (χ0) is 35.2. The van der Waals surface area contributed by atoms with Gasteiger partial charge in [-0.2, -0.15) is 35.8 Å². The number of aldehydes is 1. The van der Waals surface area contributed by atoms with Crippen molar-refractivity contribution >= 4 is 46.9 Å². The van der Waals surface area contributed by atoms with Gasteiger partial charge in [0.15, 0.2) is 17.9 Å². The van der Waals surface area contributed by atoms with Crippen molar-refractivity contribution in [1.29, 1.82) is 0 Å². The summed E-state index contributed by atoms with van der Waals surface area (Å²) < 4.78 is 90.5. The Bertz CT molecular complexity index is 1580. The first kappa shape index (κ1) is 38.0. The number of nitrogens with zero attached hydrogens (tertiary/aromatic N) is 5. The highest BCUT2D eigenvalue weighted by Crippen LogP contribution is 2.46. The van der Waals surface area contributed by atoms with Crippen molar-refractivity contribution in [3.05, 3.63) is 69.1 Å². The van der Waals surface area contributed by atoms with Gasteiger partial charge >= 0.3 is 18.0 Å². The smallest absolute Gasteiger partial charge is 0.387 e. The predicted octanol–water partition coefficient (Wildman–Crippen LogP) is 5.34. The van der Waals surface area contributed by atoms with Crippen molar-refractivity contribution in [2.24, 2.45) is 16.7 Å². The maximum Gasteiger partial charge on any atom is 0.460 e. The van der Waals surface area contributed by atoms with E-state index < -0.39 is 30.4 Å². The van der Waals surface area contributed by atoms with E-state index in [9.17, 15) is 40.3 Å². The maximum atomic E-state index is 13.5. The highest BCUT2D eigenvalue weighted by atomic mass is 35.5. The monoisotopic (exact) mass is 701 g/mol. The van der Waals surface area contributed by atoms with E-state index >= 15 is 0 Å². The second-order valence-electron chi connectivity index (χ2n) is 9.65. The molecular formula is C26H28Cl2F7N9O2. The van der Waals surface area contributed by atoms with Crippen LogP contribution in [0.25, 0.3) is 5.82 Å². The molecule has 0 aliphatic carbocycles. The van der Waals surface area contributed by atoms with Gasteiger partial charge < -0.3 is 16.4 Å². The summed E-state index contributed by atoms with van der Waals surface area (Å²) in [5.41, 5.74) is 6.79. The number of hydrazine groups is 1. The summed E-state index contributed by atoms with van der Waals surface area (Å²) in [6, 6.07) is 7.65. The molecule has 0 spiro atoms. The molecule has 0 unspecified atom stereocenters. The lowest BCUT2D eigenvalue weighted by atomic mass is 10.1. The Morgan fingerprint density at radius 3 is 2.30 bits per heavy atom. The summed E-state index contributed by atoms with van der Waals surface area (Å²) >= 11 is 11.9. The number of amides is 1. The molecule has 0 radical (unpaired) electrons. The molecule has 2 heterocycles. The Balaban J connectivity index is 0.000000387. The van der Waals surface area contributed by atoms with Crippen LogP contribution in [0.15, 0.2) is 41.6 Å². The lowest BCUT2D eigenvalue weighted by molar-refractivity contribution is -0.336. The number of amidine groups is 1. The van der Waals surface area contributed by atoms with Crippen LogP contribution in [0.5, 0.6) is 0 Å². The first-order valence-electron chi connectivity index (χ1n) is 12.8.